The van der Waals surface area contributed by atoms with E-state index in [1.54, 1.807) is 23.1 Å². The van der Waals surface area contributed by atoms with E-state index in [0.717, 1.165) is 18.2 Å². The normalized spacial score (nSPS) is 18.7. The fraction of sp³-hybridized carbons (Fsp3) is 0.429. The van der Waals surface area contributed by atoms with Crippen LogP contribution in [-0.2, 0) is 26.5 Å². The van der Waals surface area contributed by atoms with Gasteiger partial charge in [0.05, 0.1) is 6.54 Å². The Kier molecular flexibility index (Phi) is 8.03. The molecular formula is C28H33N7O5S. The largest absolute Gasteiger partial charge is 0.461 e. The van der Waals surface area contributed by atoms with Crippen molar-refractivity contribution < 1.29 is 22.4 Å². The van der Waals surface area contributed by atoms with Gasteiger partial charge in [-0.2, -0.15) is 5.26 Å². The number of anilines is 1. The van der Waals surface area contributed by atoms with Gasteiger partial charge in [0.2, 0.25) is 17.0 Å². The summed E-state index contributed by atoms with van der Waals surface area (Å²) in [6, 6.07) is 8.03. The number of hydrogen-bond donors (Lipinski definition) is 2. The predicted molar refractivity (Wildman–Crippen MR) is 151 cm³/mol. The van der Waals surface area contributed by atoms with E-state index in [1.807, 2.05) is 19.1 Å². The van der Waals surface area contributed by atoms with Crippen molar-refractivity contribution >= 4 is 38.3 Å². The number of carbonyl (C=O) groups is 2. The smallest absolute Gasteiger partial charge is 0.253 e. The van der Waals surface area contributed by atoms with Crippen LogP contribution in [0.4, 0.5) is 5.69 Å². The summed E-state index contributed by atoms with van der Waals surface area (Å²) >= 11 is 0. The summed E-state index contributed by atoms with van der Waals surface area (Å²) in [7, 11) is -2.85. The van der Waals surface area contributed by atoms with E-state index in [0.29, 0.717) is 55.9 Å². The number of nitrogens with zero attached hydrogens (tertiary/aromatic N) is 5. The number of rotatable bonds is 8. The number of allylic oxidation sites excluding steroid dienone is 1. The van der Waals surface area contributed by atoms with Crippen molar-refractivity contribution in [2.45, 2.75) is 50.2 Å². The molecule has 2 aliphatic heterocycles. The van der Waals surface area contributed by atoms with Crippen molar-refractivity contribution in [1.82, 2.24) is 24.7 Å². The molecule has 2 fully saturated rings. The minimum Gasteiger partial charge on any atom is -0.461 e. The molecule has 1 aromatic carbocycles. The van der Waals surface area contributed by atoms with Crippen molar-refractivity contribution in [3.8, 4) is 6.07 Å². The molecule has 2 amide bonds. The number of fused-ring (bicyclic) bond motifs is 1. The van der Waals surface area contributed by atoms with Crippen LogP contribution in [0.1, 0.15) is 37.9 Å². The van der Waals surface area contributed by atoms with Crippen LogP contribution in [-0.4, -0.2) is 71.8 Å². The second-order valence-electron chi connectivity index (χ2n) is 10.4. The molecule has 41 heavy (non-hydrogen) atoms. The number of nitriles is 1. The molecule has 0 spiro atoms. The number of benzene rings is 1. The van der Waals surface area contributed by atoms with Crippen LogP contribution >= 0.6 is 0 Å². The zero-order valence-corrected chi connectivity index (χ0v) is 23.9. The average molecular weight is 580 g/mol. The number of likely N-dealkylation sites (tertiary alicyclic amines) is 2. The summed E-state index contributed by atoms with van der Waals surface area (Å²) < 4.78 is 34.2. The molecule has 0 aliphatic carbocycles. The summed E-state index contributed by atoms with van der Waals surface area (Å²) in [6.45, 7) is 3.60. The van der Waals surface area contributed by atoms with Gasteiger partial charge in [0.1, 0.15) is 29.3 Å². The number of aryl methyl sites for hydroxylation is 2. The molecule has 2 N–H and O–H groups in total. The van der Waals surface area contributed by atoms with E-state index < -0.39 is 20.8 Å². The molecule has 0 radical (unpaired) electrons. The lowest BCUT2D eigenvalue weighted by molar-refractivity contribution is -0.140. The summed E-state index contributed by atoms with van der Waals surface area (Å²) in [5.41, 5.74) is 1.15. The quantitative estimate of drug-likeness (QED) is 0.383. The van der Waals surface area contributed by atoms with E-state index in [9.17, 15) is 23.3 Å². The summed E-state index contributed by atoms with van der Waals surface area (Å²) in [4.78, 5) is 33.2. The zero-order chi connectivity index (χ0) is 29.1. The van der Waals surface area contributed by atoms with Crippen LogP contribution in [0.5, 0.6) is 0 Å². The lowest BCUT2D eigenvalue weighted by atomic mass is 10.1. The summed E-state index contributed by atoms with van der Waals surface area (Å²) in [6.07, 6.45) is 6.50. The van der Waals surface area contributed by atoms with Crippen LogP contribution in [0, 0.1) is 18.3 Å². The maximum absolute atomic E-state index is 13.7. The Labute approximate surface area is 238 Å². The van der Waals surface area contributed by atoms with Gasteiger partial charge in [-0.3, -0.25) is 9.59 Å². The molecule has 2 aromatic heterocycles. The van der Waals surface area contributed by atoms with Gasteiger partial charge in [-0.15, -0.1) is 0 Å². The first-order valence-electron chi connectivity index (χ1n) is 13.6. The third-order valence-electron chi connectivity index (χ3n) is 7.41. The Morgan fingerprint density at radius 2 is 1.93 bits per heavy atom. The van der Waals surface area contributed by atoms with Crippen LogP contribution in [0.25, 0.3) is 11.0 Å². The van der Waals surface area contributed by atoms with E-state index in [1.165, 1.54) is 28.9 Å². The van der Waals surface area contributed by atoms with E-state index in [2.05, 4.69) is 15.6 Å². The lowest BCUT2D eigenvalue weighted by Crippen LogP contribution is -2.49. The van der Waals surface area contributed by atoms with Gasteiger partial charge in [0, 0.05) is 50.1 Å². The van der Waals surface area contributed by atoms with Crippen molar-refractivity contribution in [2.75, 3.05) is 31.5 Å². The Balaban J connectivity index is 1.50. The van der Waals surface area contributed by atoms with Crippen LogP contribution < -0.4 is 10.6 Å². The number of imidazole rings is 1. The lowest BCUT2D eigenvalue weighted by Gasteiger charge is -2.28. The molecule has 2 saturated heterocycles. The third-order valence-corrected chi connectivity index (χ3v) is 9.11. The van der Waals surface area contributed by atoms with E-state index >= 15 is 0 Å². The number of aromatic nitrogens is 2. The second-order valence-corrected chi connectivity index (χ2v) is 12.2. The summed E-state index contributed by atoms with van der Waals surface area (Å²) in [5, 5.41) is 16.7. The van der Waals surface area contributed by atoms with Crippen molar-refractivity contribution in [3.63, 3.8) is 0 Å². The van der Waals surface area contributed by atoms with Gasteiger partial charge < -0.3 is 29.4 Å². The molecule has 0 saturated carbocycles. The molecule has 0 bridgehead atoms. The highest BCUT2D eigenvalue weighted by molar-refractivity contribution is 7.95. The molecular weight excluding hydrogens is 546 g/mol. The first kappa shape index (κ1) is 28.2. The number of amides is 2. The average Bonchev–Trinajstić information content (AvgIpc) is 3.68. The van der Waals surface area contributed by atoms with Gasteiger partial charge >= 0.3 is 0 Å². The van der Waals surface area contributed by atoms with Crippen LogP contribution in [0.3, 0.4) is 0 Å². The van der Waals surface area contributed by atoms with Crippen molar-refractivity contribution in [1.29, 1.82) is 5.26 Å². The second kappa shape index (κ2) is 11.7. The minimum atomic E-state index is -4.38. The maximum Gasteiger partial charge on any atom is 0.253 e. The number of nitrogens with one attached hydrogen (secondary N) is 2. The fourth-order valence-electron chi connectivity index (χ4n) is 5.31. The third kappa shape index (κ3) is 5.92. The van der Waals surface area contributed by atoms with Crippen LogP contribution in [0.2, 0.25) is 0 Å². The molecule has 13 heteroatoms. The first-order valence-corrected chi connectivity index (χ1v) is 15.1. The zero-order valence-electron chi connectivity index (χ0n) is 23.1. The van der Waals surface area contributed by atoms with Gasteiger partial charge in [-0.25, -0.2) is 13.4 Å². The Bertz CT molecular complexity index is 1640. The van der Waals surface area contributed by atoms with Crippen molar-refractivity contribution in [2.24, 2.45) is 7.05 Å². The number of furan rings is 1. The molecule has 2 aliphatic rings. The van der Waals surface area contributed by atoms with E-state index in [-0.39, 0.29) is 29.3 Å². The highest BCUT2D eigenvalue weighted by Gasteiger charge is 2.34. The van der Waals surface area contributed by atoms with Gasteiger partial charge in [-0.1, -0.05) is 0 Å². The molecule has 4 heterocycles. The molecule has 0 unspecified atom stereocenters. The monoisotopic (exact) mass is 579 g/mol. The molecule has 12 nitrogen and oxygen atoms in total. The molecule has 5 rings (SSSR count). The highest BCUT2D eigenvalue weighted by Crippen LogP contribution is 2.26. The van der Waals surface area contributed by atoms with Gasteiger partial charge in [0.25, 0.3) is 9.84 Å². The Morgan fingerprint density at radius 1 is 1.17 bits per heavy atom. The SMILES string of the molecule is Cc1cc2cc(N/C(N[C@H]3CCCCN(CC(=O)N4CCCC4)C3=O)=C(\C#N)S(=O)(=O)c3nccn3C)ccc2o1. The number of hydrogen-bond acceptors (Lipinski definition) is 9. The Morgan fingerprint density at radius 3 is 2.63 bits per heavy atom. The maximum atomic E-state index is 13.7. The molecule has 3 aromatic rings. The molecule has 216 valence electrons. The topological polar surface area (TPSA) is 154 Å². The molecule has 1 atom stereocenters. The number of carbonyl (C=O) groups excluding carboxylic acids is 2. The first-order chi connectivity index (χ1) is 19.7. The van der Waals surface area contributed by atoms with E-state index in [4.69, 9.17) is 4.42 Å². The predicted octanol–water partition coefficient (Wildman–Crippen LogP) is 2.65. The fourth-order valence-corrected chi connectivity index (χ4v) is 6.63. The Hall–Kier alpha value is -4.31. The summed E-state index contributed by atoms with van der Waals surface area (Å²) in [5.74, 6) is 0.168. The van der Waals surface area contributed by atoms with Crippen molar-refractivity contribution in [3.05, 3.63) is 53.1 Å². The standard InChI is InChI=1S/C28H33N7O5S/c1-19-15-20-16-21(8-9-23(20)40-19)31-26(24(17-29)41(38,39)28-30-10-14-33(28)2)32-22-7-3-4-13-35(27(22)37)18-25(36)34-11-5-6-12-34/h8-10,14-16,22,31-32H,3-7,11-13,18H2,1-2H3/b26-24-/t22-/m0/s1. The number of sulfone groups is 1. The van der Waals surface area contributed by atoms with Crippen LogP contribution in [0.15, 0.2) is 57.0 Å². The van der Waals surface area contributed by atoms with Gasteiger partial charge in [-0.05, 0) is 63.3 Å². The highest BCUT2D eigenvalue weighted by atomic mass is 32.2. The minimum absolute atomic E-state index is 0.0311. The van der Waals surface area contributed by atoms with Gasteiger partial charge in [0.15, 0.2) is 4.91 Å².